The van der Waals surface area contributed by atoms with Crippen LogP contribution >= 0.6 is 0 Å². The van der Waals surface area contributed by atoms with Crippen LogP contribution in [0.15, 0.2) is 24.3 Å². The van der Waals surface area contributed by atoms with Crippen LogP contribution in [-0.4, -0.2) is 30.9 Å². The zero-order valence-electron chi connectivity index (χ0n) is 8.06. The maximum absolute atomic E-state index is 11.5. The normalized spacial score (nSPS) is 11.1. The van der Waals surface area contributed by atoms with E-state index in [1.807, 2.05) is 0 Å². The van der Waals surface area contributed by atoms with Crippen molar-refractivity contribution in [1.29, 1.82) is 0 Å². The lowest BCUT2D eigenvalue weighted by Crippen LogP contribution is -2.39. The quantitative estimate of drug-likeness (QED) is 0.403. The standard InChI is InChI=1S/C10H11NO3/c1-11(2,14)10(13)9-6-4-3-5-8(9)7-12/h3-7H,1-2H3. The lowest BCUT2D eigenvalue weighted by molar-refractivity contribution is -0.752. The van der Waals surface area contributed by atoms with Gasteiger partial charge in [0.1, 0.15) is 0 Å². The number of hydrogen-bond acceptors (Lipinski definition) is 3. The summed E-state index contributed by atoms with van der Waals surface area (Å²) in [5.74, 6) is -0.618. The van der Waals surface area contributed by atoms with Crippen molar-refractivity contribution in [3.8, 4) is 0 Å². The number of nitrogens with zero attached hydrogens (tertiary/aromatic N) is 1. The highest BCUT2D eigenvalue weighted by atomic mass is 16.6. The number of aldehydes is 1. The smallest absolute Gasteiger partial charge is 0.346 e. The second kappa shape index (κ2) is 3.69. The Morgan fingerprint density at radius 2 is 1.93 bits per heavy atom. The Morgan fingerprint density at radius 3 is 2.43 bits per heavy atom. The number of amides is 1. The summed E-state index contributed by atoms with van der Waals surface area (Å²) in [6, 6.07) is 6.25. The monoisotopic (exact) mass is 193 g/mol. The van der Waals surface area contributed by atoms with Gasteiger partial charge in [-0.1, -0.05) is 18.2 Å². The van der Waals surface area contributed by atoms with Gasteiger partial charge in [0.25, 0.3) is 0 Å². The van der Waals surface area contributed by atoms with Crippen LogP contribution in [0.25, 0.3) is 0 Å². The van der Waals surface area contributed by atoms with Crippen LogP contribution in [0.1, 0.15) is 20.7 Å². The summed E-state index contributed by atoms with van der Waals surface area (Å²) in [5, 5.41) is 11.3. The van der Waals surface area contributed by atoms with E-state index in [2.05, 4.69) is 0 Å². The zero-order valence-corrected chi connectivity index (χ0v) is 8.06. The van der Waals surface area contributed by atoms with E-state index in [-0.39, 0.29) is 11.1 Å². The van der Waals surface area contributed by atoms with Crippen LogP contribution in [0.2, 0.25) is 0 Å². The molecule has 0 aliphatic rings. The molecule has 74 valence electrons. The maximum Gasteiger partial charge on any atom is 0.346 e. The van der Waals surface area contributed by atoms with Crippen molar-refractivity contribution in [2.45, 2.75) is 0 Å². The minimum Gasteiger partial charge on any atom is -0.625 e. The molecule has 4 heteroatoms. The summed E-state index contributed by atoms with van der Waals surface area (Å²) in [6.45, 7) is 0. The van der Waals surface area contributed by atoms with Crippen molar-refractivity contribution in [3.05, 3.63) is 40.6 Å². The molecule has 0 bridgehead atoms. The molecule has 0 spiro atoms. The molecule has 1 rings (SSSR count). The van der Waals surface area contributed by atoms with Gasteiger partial charge in [0, 0.05) is 5.56 Å². The molecular weight excluding hydrogens is 182 g/mol. The van der Waals surface area contributed by atoms with Gasteiger partial charge in [0.2, 0.25) is 0 Å². The third-order valence-electron chi connectivity index (χ3n) is 1.81. The van der Waals surface area contributed by atoms with Crippen molar-refractivity contribution in [2.75, 3.05) is 14.1 Å². The summed E-state index contributed by atoms with van der Waals surface area (Å²) in [4.78, 5) is 22.1. The second-order valence-electron chi connectivity index (χ2n) is 3.36. The Bertz CT molecular complexity index is 366. The van der Waals surface area contributed by atoms with Crippen molar-refractivity contribution >= 4 is 12.2 Å². The van der Waals surface area contributed by atoms with E-state index in [1.54, 1.807) is 12.1 Å². The van der Waals surface area contributed by atoms with E-state index in [4.69, 9.17) is 0 Å². The second-order valence-corrected chi connectivity index (χ2v) is 3.36. The highest BCUT2D eigenvalue weighted by Crippen LogP contribution is 2.11. The number of quaternary nitrogens is 1. The molecular formula is C10H11NO3. The van der Waals surface area contributed by atoms with E-state index in [0.29, 0.717) is 6.29 Å². The van der Waals surface area contributed by atoms with Crippen molar-refractivity contribution in [1.82, 2.24) is 0 Å². The van der Waals surface area contributed by atoms with Crippen molar-refractivity contribution in [3.63, 3.8) is 0 Å². The number of carbonyl (C=O) groups excluding carboxylic acids is 2. The summed E-state index contributed by atoms with van der Waals surface area (Å²) >= 11 is 0. The predicted molar refractivity (Wildman–Crippen MR) is 51.6 cm³/mol. The third kappa shape index (κ3) is 2.04. The Balaban J connectivity index is 3.19. The fraction of sp³-hybridized carbons (Fsp3) is 0.200. The fourth-order valence-corrected chi connectivity index (χ4v) is 1.08. The molecule has 0 atom stereocenters. The van der Waals surface area contributed by atoms with Crippen LogP contribution in [0.5, 0.6) is 0 Å². The Hall–Kier alpha value is -1.52. The average Bonchev–Trinajstić information content (AvgIpc) is 2.15. The molecule has 1 amide bonds. The molecule has 0 radical (unpaired) electrons. The molecule has 0 saturated carbocycles. The van der Waals surface area contributed by atoms with Gasteiger partial charge in [0.15, 0.2) is 6.29 Å². The largest absolute Gasteiger partial charge is 0.625 e. The average molecular weight is 193 g/mol. The van der Waals surface area contributed by atoms with E-state index < -0.39 is 10.6 Å². The Morgan fingerprint density at radius 1 is 1.36 bits per heavy atom. The SMILES string of the molecule is C[N+](C)([O-])C(=O)c1ccccc1C=O. The first kappa shape index (κ1) is 10.6. The molecule has 0 aliphatic carbocycles. The lowest BCUT2D eigenvalue weighted by atomic mass is 10.1. The number of hydrogen-bond donors (Lipinski definition) is 0. The first-order valence-electron chi connectivity index (χ1n) is 4.11. The Labute approximate surface area is 81.9 Å². The van der Waals surface area contributed by atoms with Crippen LogP contribution in [0, 0.1) is 5.21 Å². The molecule has 1 aromatic rings. The highest BCUT2D eigenvalue weighted by Gasteiger charge is 2.21. The van der Waals surface area contributed by atoms with Crippen LogP contribution in [0.3, 0.4) is 0 Å². The van der Waals surface area contributed by atoms with Crippen LogP contribution < -0.4 is 0 Å². The summed E-state index contributed by atoms with van der Waals surface area (Å²) < 4.78 is -1.06. The summed E-state index contributed by atoms with van der Waals surface area (Å²) in [5.41, 5.74) is 0.419. The van der Waals surface area contributed by atoms with Gasteiger partial charge in [0.05, 0.1) is 19.7 Å². The van der Waals surface area contributed by atoms with Gasteiger partial charge < -0.3 is 5.21 Å². The molecule has 0 aromatic heterocycles. The first-order chi connectivity index (χ1) is 6.46. The molecule has 0 unspecified atom stereocenters. The van der Waals surface area contributed by atoms with Gasteiger partial charge in [-0.3, -0.25) is 9.44 Å². The topological polar surface area (TPSA) is 57.2 Å². The molecule has 0 N–H and O–H groups in total. The highest BCUT2D eigenvalue weighted by molar-refractivity contribution is 5.97. The van der Waals surface area contributed by atoms with Crippen molar-refractivity contribution < 1.29 is 14.2 Å². The van der Waals surface area contributed by atoms with E-state index >= 15 is 0 Å². The molecule has 0 heterocycles. The minimum atomic E-state index is -1.06. The molecule has 1 aromatic carbocycles. The van der Waals surface area contributed by atoms with E-state index in [1.165, 1.54) is 26.2 Å². The van der Waals surface area contributed by atoms with Gasteiger partial charge in [-0.05, 0) is 6.07 Å². The predicted octanol–water partition coefficient (Wildman–Crippen LogP) is 1.21. The van der Waals surface area contributed by atoms with Gasteiger partial charge in [-0.2, -0.15) is 0 Å². The number of carbonyl (C=O) groups is 2. The van der Waals surface area contributed by atoms with Gasteiger partial charge in [-0.25, -0.2) is 4.79 Å². The van der Waals surface area contributed by atoms with Gasteiger partial charge >= 0.3 is 5.91 Å². The van der Waals surface area contributed by atoms with Gasteiger partial charge in [-0.15, -0.1) is 0 Å². The molecule has 0 saturated heterocycles. The molecule has 4 nitrogen and oxygen atoms in total. The summed E-state index contributed by atoms with van der Waals surface area (Å²) in [7, 11) is 2.45. The zero-order chi connectivity index (χ0) is 10.8. The number of rotatable bonds is 2. The third-order valence-corrected chi connectivity index (χ3v) is 1.81. The maximum atomic E-state index is 11.5. The lowest BCUT2D eigenvalue weighted by Gasteiger charge is -2.30. The molecule has 0 aliphatic heterocycles. The van der Waals surface area contributed by atoms with Crippen molar-refractivity contribution in [2.24, 2.45) is 0 Å². The minimum absolute atomic E-state index is 0.169. The first-order valence-corrected chi connectivity index (χ1v) is 4.11. The Kier molecular flexibility index (Phi) is 2.78. The van der Waals surface area contributed by atoms with Crippen LogP contribution in [0.4, 0.5) is 0 Å². The summed E-state index contributed by atoms with van der Waals surface area (Å²) in [6.07, 6.45) is 0.572. The fourth-order valence-electron chi connectivity index (χ4n) is 1.08. The molecule has 0 fully saturated rings. The van der Waals surface area contributed by atoms with E-state index in [0.717, 1.165) is 0 Å². The number of hydroxylamine groups is 3. The van der Waals surface area contributed by atoms with E-state index in [9.17, 15) is 14.8 Å². The number of benzene rings is 1. The molecule has 14 heavy (non-hydrogen) atoms. The van der Waals surface area contributed by atoms with Crippen LogP contribution in [-0.2, 0) is 0 Å².